The van der Waals surface area contributed by atoms with Crippen LogP contribution in [0.1, 0.15) is 56.6 Å². The molecule has 1 N–H and O–H groups in total. The summed E-state index contributed by atoms with van der Waals surface area (Å²) in [5.74, 6) is 3.46. The first-order valence-electron chi connectivity index (χ1n) is 6.20. The molecule has 3 nitrogen and oxygen atoms in total. The predicted octanol–water partition coefficient (Wildman–Crippen LogP) is 3.37. The van der Waals surface area contributed by atoms with E-state index in [9.17, 15) is 0 Å². The number of aryl methyl sites for hydroxylation is 1. The summed E-state index contributed by atoms with van der Waals surface area (Å²) in [4.78, 5) is 9.11. The monoisotopic (exact) mass is 253 g/mol. The van der Waals surface area contributed by atoms with E-state index in [1.165, 1.54) is 5.56 Å². The van der Waals surface area contributed by atoms with Crippen molar-refractivity contribution in [2.24, 2.45) is 0 Å². The minimum Gasteiger partial charge on any atom is -0.369 e. The Balaban J connectivity index is 3.25. The molecule has 17 heavy (non-hydrogen) atoms. The van der Waals surface area contributed by atoms with Crippen LogP contribution in [0.4, 0.5) is 5.82 Å². The number of hydrogen-bond donors (Lipinski definition) is 2. The minimum atomic E-state index is 0.422. The lowest BCUT2D eigenvalue weighted by atomic mass is 9.95. The van der Waals surface area contributed by atoms with E-state index in [1.54, 1.807) is 0 Å². The highest BCUT2D eigenvalue weighted by Gasteiger charge is 2.17. The number of nitrogens with one attached hydrogen (secondary N) is 1. The van der Waals surface area contributed by atoms with Crippen molar-refractivity contribution in [1.82, 2.24) is 9.97 Å². The number of thiol groups is 1. The van der Waals surface area contributed by atoms with Crippen LogP contribution in [-0.4, -0.2) is 22.3 Å². The first-order chi connectivity index (χ1) is 7.97. The molecule has 0 atom stereocenters. The Labute approximate surface area is 110 Å². The van der Waals surface area contributed by atoms with Gasteiger partial charge in [0.05, 0.1) is 5.69 Å². The molecule has 0 saturated heterocycles. The Hall–Kier alpha value is -0.770. The van der Waals surface area contributed by atoms with E-state index >= 15 is 0 Å². The number of nitrogens with zero attached hydrogens (tertiary/aromatic N) is 2. The van der Waals surface area contributed by atoms with Crippen LogP contribution in [0.5, 0.6) is 0 Å². The van der Waals surface area contributed by atoms with Gasteiger partial charge in [0.1, 0.15) is 11.6 Å². The topological polar surface area (TPSA) is 37.8 Å². The average Bonchev–Trinajstić information content (AvgIpc) is 2.24. The average molecular weight is 253 g/mol. The van der Waals surface area contributed by atoms with Crippen molar-refractivity contribution in [3.05, 3.63) is 17.1 Å². The standard InChI is InChI=1S/C13H23N3S/c1-8(2)11-12(9(3)4)15-10(5)16-13(11)14-6-7-17/h8-9,17H,6-7H2,1-5H3,(H,14,15,16). The molecule has 4 heteroatoms. The van der Waals surface area contributed by atoms with E-state index in [-0.39, 0.29) is 0 Å². The highest BCUT2D eigenvalue weighted by Crippen LogP contribution is 2.29. The molecule has 0 saturated carbocycles. The van der Waals surface area contributed by atoms with Crippen LogP contribution in [-0.2, 0) is 0 Å². The van der Waals surface area contributed by atoms with Gasteiger partial charge in [0.15, 0.2) is 0 Å². The predicted molar refractivity (Wildman–Crippen MR) is 77.3 cm³/mol. The second kappa shape index (κ2) is 6.24. The molecule has 0 fully saturated rings. The third-order valence-electron chi connectivity index (χ3n) is 2.62. The minimum absolute atomic E-state index is 0.422. The van der Waals surface area contributed by atoms with Gasteiger partial charge in [-0.15, -0.1) is 0 Å². The van der Waals surface area contributed by atoms with E-state index in [4.69, 9.17) is 0 Å². The fraction of sp³-hybridized carbons (Fsp3) is 0.692. The molecule has 0 aliphatic carbocycles. The molecule has 1 rings (SSSR count). The fourth-order valence-electron chi connectivity index (χ4n) is 1.92. The molecular weight excluding hydrogens is 230 g/mol. The zero-order chi connectivity index (χ0) is 13.0. The summed E-state index contributed by atoms with van der Waals surface area (Å²) in [6, 6.07) is 0. The van der Waals surface area contributed by atoms with Gasteiger partial charge in [-0.25, -0.2) is 9.97 Å². The van der Waals surface area contributed by atoms with Crippen LogP contribution >= 0.6 is 12.6 Å². The normalized spacial score (nSPS) is 11.3. The molecule has 0 aliphatic heterocycles. The SMILES string of the molecule is Cc1nc(NCCS)c(C(C)C)c(C(C)C)n1. The summed E-state index contributed by atoms with van der Waals surface area (Å²) in [5, 5.41) is 3.35. The van der Waals surface area contributed by atoms with Crippen molar-refractivity contribution >= 4 is 18.4 Å². The zero-order valence-corrected chi connectivity index (χ0v) is 12.3. The van der Waals surface area contributed by atoms with Crippen LogP contribution in [0.3, 0.4) is 0 Å². The highest BCUT2D eigenvalue weighted by atomic mass is 32.1. The first kappa shape index (κ1) is 14.3. The molecule has 0 bridgehead atoms. The van der Waals surface area contributed by atoms with Gasteiger partial charge in [0, 0.05) is 17.9 Å². The maximum absolute atomic E-state index is 4.59. The van der Waals surface area contributed by atoms with Gasteiger partial charge in [-0.05, 0) is 18.8 Å². The molecule has 0 radical (unpaired) electrons. The van der Waals surface area contributed by atoms with Crippen LogP contribution < -0.4 is 5.32 Å². The number of rotatable bonds is 5. The largest absolute Gasteiger partial charge is 0.369 e. The van der Waals surface area contributed by atoms with Crippen molar-refractivity contribution in [1.29, 1.82) is 0 Å². The van der Waals surface area contributed by atoms with Gasteiger partial charge in [-0.3, -0.25) is 0 Å². The molecule has 96 valence electrons. The highest BCUT2D eigenvalue weighted by molar-refractivity contribution is 7.80. The summed E-state index contributed by atoms with van der Waals surface area (Å²) >= 11 is 4.22. The molecule has 1 aromatic heterocycles. The number of hydrogen-bond acceptors (Lipinski definition) is 4. The molecule has 0 spiro atoms. The third-order valence-corrected chi connectivity index (χ3v) is 2.84. The van der Waals surface area contributed by atoms with E-state index in [0.29, 0.717) is 11.8 Å². The van der Waals surface area contributed by atoms with Crippen molar-refractivity contribution < 1.29 is 0 Å². The van der Waals surface area contributed by atoms with Gasteiger partial charge in [0.25, 0.3) is 0 Å². The maximum atomic E-state index is 4.59. The van der Waals surface area contributed by atoms with Crippen LogP contribution in [0.15, 0.2) is 0 Å². The van der Waals surface area contributed by atoms with E-state index in [0.717, 1.165) is 29.6 Å². The third kappa shape index (κ3) is 3.60. The quantitative estimate of drug-likeness (QED) is 0.790. The van der Waals surface area contributed by atoms with Gasteiger partial charge in [-0.2, -0.15) is 12.6 Å². The van der Waals surface area contributed by atoms with Gasteiger partial charge < -0.3 is 5.32 Å². The fourth-order valence-corrected chi connectivity index (χ4v) is 2.03. The van der Waals surface area contributed by atoms with Crippen molar-refractivity contribution in [3.8, 4) is 0 Å². The van der Waals surface area contributed by atoms with Crippen molar-refractivity contribution in [3.63, 3.8) is 0 Å². The lowest BCUT2D eigenvalue weighted by Gasteiger charge is -2.19. The second-order valence-corrected chi connectivity index (χ2v) is 5.33. The zero-order valence-electron chi connectivity index (χ0n) is 11.4. The van der Waals surface area contributed by atoms with E-state index in [1.807, 2.05) is 6.92 Å². The smallest absolute Gasteiger partial charge is 0.133 e. The molecule has 1 heterocycles. The van der Waals surface area contributed by atoms with Gasteiger partial charge >= 0.3 is 0 Å². The summed E-state index contributed by atoms with van der Waals surface area (Å²) in [6.07, 6.45) is 0. The lowest BCUT2D eigenvalue weighted by molar-refractivity contribution is 0.738. The molecule has 0 unspecified atom stereocenters. The lowest BCUT2D eigenvalue weighted by Crippen LogP contribution is -2.14. The Morgan fingerprint density at radius 2 is 1.76 bits per heavy atom. The molecular formula is C13H23N3S. The summed E-state index contributed by atoms with van der Waals surface area (Å²) in [6.45, 7) is 11.5. The molecule has 0 aliphatic rings. The van der Waals surface area contributed by atoms with Crippen LogP contribution in [0, 0.1) is 6.92 Å². The van der Waals surface area contributed by atoms with E-state index in [2.05, 4.69) is 55.6 Å². The summed E-state index contributed by atoms with van der Waals surface area (Å²) in [5.41, 5.74) is 2.40. The Kier molecular flexibility index (Phi) is 5.25. The van der Waals surface area contributed by atoms with Gasteiger partial charge in [-0.1, -0.05) is 27.7 Å². The molecule has 0 amide bonds. The number of anilines is 1. The summed E-state index contributed by atoms with van der Waals surface area (Å²) in [7, 11) is 0. The van der Waals surface area contributed by atoms with Crippen molar-refractivity contribution in [2.75, 3.05) is 17.6 Å². The van der Waals surface area contributed by atoms with Crippen LogP contribution in [0.2, 0.25) is 0 Å². The Morgan fingerprint density at radius 1 is 1.12 bits per heavy atom. The van der Waals surface area contributed by atoms with E-state index < -0.39 is 0 Å². The number of aromatic nitrogens is 2. The van der Waals surface area contributed by atoms with Gasteiger partial charge in [0.2, 0.25) is 0 Å². The molecule has 0 aromatic carbocycles. The summed E-state index contributed by atoms with van der Waals surface area (Å²) < 4.78 is 0. The van der Waals surface area contributed by atoms with Crippen LogP contribution in [0.25, 0.3) is 0 Å². The maximum Gasteiger partial charge on any atom is 0.133 e. The Bertz CT molecular complexity index is 375. The Morgan fingerprint density at radius 3 is 2.24 bits per heavy atom. The first-order valence-corrected chi connectivity index (χ1v) is 6.83. The molecule has 1 aromatic rings. The second-order valence-electron chi connectivity index (χ2n) is 4.88. The van der Waals surface area contributed by atoms with Crippen molar-refractivity contribution in [2.45, 2.75) is 46.5 Å².